The van der Waals surface area contributed by atoms with E-state index >= 15 is 0 Å². The number of nitrogens with zero attached hydrogens (tertiary/aromatic N) is 6. The molecule has 0 radical (unpaired) electrons. The first-order valence-electron chi connectivity index (χ1n) is 9.95. The number of hydrogen-bond donors (Lipinski definition) is 2. The number of hydrogen-bond acceptors (Lipinski definition) is 10. The van der Waals surface area contributed by atoms with Crippen LogP contribution < -0.4 is 9.47 Å². The van der Waals surface area contributed by atoms with E-state index in [0.29, 0.717) is 27.8 Å². The van der Waals surface area contributed by atoms with Crippen molar-refractivity contribution in [2.45, 2.75) is 13.8 Å². The van der Waals surface area contributed by atoms with Crippen LogP contribution in [0.25, 0.3) is 33.4 Å². The van der Waals surface area contributed by atoms with Gasteiger partial charge in [-0.3, -0.25) is 9.59 Å². The maximum absolute atomic E-state index is 11.2. The van der Waals surface area contributed by atoms with Crippen LogP contribution in [0.1, 0.15) is 13.8 Å². The number of aromatic nitrogens is 6. The minimum Gasteiger partial charge on any atom is -0.505 e. The zero-order chi connectivity index (χ0) is 24.0. The summed E-state index contributed by atoms with van der Waals surface area (Å²) < 4.78 is 10.1. The third kappa shape index (κ3) is 3.72. The Labute approximate surface area is 190 Å². The van der Waals surface area contributed by atoms with Gasteiger partial charge in [0.2, 0.25) is 0 Å². The summed E-state index contributed by atoms with van der Waals surface area (Å²) in [5.74, 6) is -1.00. The second kappa shape index (κ2) is 7.85. The van der Waals surface area contributed by atoms with E-state index in [1.807, 2.05) is 0 Å². The minimum atomic E-state index is -0.478. The first-order valence-corrected chi connectivity index (χ1v) is 9.95. The number of phenolic OH excluding ortho intramolecular Hbond substituents is 2. The molecule has 0 aliphatic carbocycles. The van der Waals surface area contributed by atoms with Gasteiger partial charge in [0, 0.05) is 26.0 Å². The first-order chi connectivity index (χ1) is 16.3. The molecule has 0 unspecified atom stereocenters. The highest BCUT2D eigenvalue weighted by Crippen LogP contribution is 2.36. The Morgan fingerprint density at radius 1 is 0.706 bits per heavy atom. The summed E-state index contributed by atoms with van der Waals surface area (Å²) in [4.78, 5) is 24.7. The summed E-state index contributed by atoms with van der Waals surface area (Å²) in [6.07, 6.45) is 0. The molecule has 0 atom stereocenters. The van der Waals surface area contributed by atoms with Crippen LogP contribution in [0.15, 0.2) is 48.5 Å². The van der Waals surface area contributed by atoms with E-state index in [-0.39, 0.29) is 28.6 Å². The van der Waals surface area contributed by atoms with Crippen molar-refractivity contribution in [1.29, 1.82) is 0 Å². The highest BCUT2D eigenvalue weighted by Gasteiger charge is 2.20. The van der Waals surface area contributed by atoms with Gasteiger partial charge in [-0.1, -0.05) is 0 Å². The van der Waals surface area contributed by atoms with E-state index in [1.165, 1.54) is 36.8 Å². The molecule has 2 N–H and O–H groups in total. The fourth-order valence-electron chi connectivity index (χ4n) is 3.37. The van der Waals surface area contributed by atoms with Crippen molar-refractivity contribution in [2.24, 2.45) is 0 Å². The molecule has 5 rings (SSSR count). The highest BCUT2D eigenvalue weighted by molar-refractivity contribution is 5.79. The molecule has 34 heavy (non-hydrogen) atoms. The smallest absolute Gasteiger partial charge is 0.308 e. The molecule has 0 fully saturated rings. The molecule has 12 heteroatoms. The van der Waals surface area contributed by atoms with E-state index in [1.54, 1.807) is 30.3 Å². The zero-order valence-corrected chi connectivity index (χ0v) is 17.8. The lowest BCUT2D eigenvalue weighted by atomic mass is 10.2. The molecule has 5 aromatic rings. The third-order valence-electron chi connectivity index (χ3n) is 4.75. The number of aromatic hydroxyl groups is 2. The van der Waals surface area contributed by atoms with E-state index in [0.717, 1.165) is 4.80 Å². The van der Waals surface area contributed by atoms with Gasteiger partial charge in [-0.2, -0.15) is 0 Å². The zero-order valence-electron chi connectivity index (χ0n) is 17.8. The first kappa shape index (κ1) is 20.9. The average molecular weight is 460 g/mol. The van der Waals surface area contributed by atoms with E-state index in [2.05, 4.69) is 20.4 Å². The number of esters is 2. The van der Waals surface area contributed by atoms with Gasteiger partial charge < -0.3 is 19.7 Å². The molecule has 0 spiro atoms. The third-order valence-corrected chi connectivity index (χ3v) is 4.75. The number of ether oxygens (including phenoxy) is 2. The van der Waals surface area contributed by atoms with Crippen LogP contribution in [0, 0.1) is 0 Å². The van der Waals surface area contributed by atoms with E-state index < -0.39 is 11.9 Å². The van der Waals surface area contributed by atoms with Crippen LogP contribution in [0.3, 0.4) is 0 Å². The molecule has 170 valence electrons. The van der Waals surface area contributed by atoms with Gasteiger partial charge in [-0.05, 0) is 36.4 Å². The second-order valence-corrected chi connectivity index (χ2v) is 7.27. The van der Waals surface area contributed by atoms with Gasteiger partial charge in [0.1, 0.15) is 45.0 Å². The Hall–Kier alpha value is -5.00. The molecule has 2 heterocycles. The average Bonchev–Trinajstić information content (AvgIpc) is 3.36. The van der Waals surface area contributed by atoms with Crippen LogP contribution >= 0.6 is 0 Å². The molecule has 0 saturated carbocycles. The minimum absolute atomic E-state index is 0.0929. The van der Waals surface area contributed by atoms with Gasteiger partial charge in [-0.15, -0.1) is 30.0 Å². The van der Waals surface area contributed by atoms with Crippen molar-refractivity contribution >= 4 is 34.0 Å². The van der Waals surface area contributed by atoms with Crippen LogP contribution in [-0.2, 0) is 9.59 Å². The molecule has 0 amide bonds. The number of rotatable bonds is 4. The van der Waals surface area contributed by atoms with E-state index in [9.17, 15) is 19.8 Å². The lowest BCUT2D eigenvalue weighted by Gasteiger charge is -2.09. The molecule has 0 bridgehead atoms. The Balaban J connectivity index is 1.58. The predicted octanol–water partition coefficient (Wildman–Crippen LogP) is 2.42. The molecule has 0 saturated heterocycles. The Bertz CT molecular complexity index is 1600. The summed E-state index contributed by atoms with van der Waals surface area (Å²) in [7, 11) is 0. The van der Waals surface area contributed by atoms with Gasteiger partial charge in [0.05, 0.1) is 0 Å². The van der Waals surface area contributed by atoms with Crippen molar-refractivity contribution in [3.63, 3.8) is 0 Å². The van der Waals surface area contributed by atoms with Gasteiger partial charge >= 0.3 is 11.9 Å². The maximum Gasteiger partial charge on any atom is 0.308 e. The van der Waals surface area contributed by atoms with Crippen molar-refractivity contribution in [3.8, 4) is 34.4 Å². The van der Waals surface area contributed by atoms with Crippen LogP contribution in [0.4, 0.5) is 0 Å². The maximum atomic E-state index is 11.2. The number of benzene rings is 3. The predicted molar refractivity (Wildman–Crippen MR) is 117 cm³/mol. The quantitative estimate of drug-likeness (QED) is 0.302. The standard InChI is InChI=1S/C22H16N6O6/c1-11(29)33-13-3-5-15-17(9-13)25-27(23-15)19-7-8-20(31)21(22(19)32)28-24-16-6-4-14(34-12(2)30)10-18(16)26-28/h3-10,31-32H,1-2H3. The Morgan fingerprint density at radius 2 is 1.21 bits per heavy atom. The number of carbonyl (C=O) groups is 2. The van der Waals surface area contributed by atoms with Crippen molar-refractivity contribution in [1.82, 2.24) is 30.0 Å². The lowest BCUT2D eigenvalue weighted by molar-refractivity contribution is -0.132. The number of phenols is 2. The van der Waals surface area contributed by atoms with E-state index in [4.69, 9.17) is 9.47 Å². The largest absolute Gasteiger partial charge is 0.505 e. The normalized spacial score (nSPS) is 11.1. The van der Waals surface area contributed by atoms with Crippen molar-refractivity contribution in [2.75, 3.05) is 0 Å². The summed E-state index contributed by atoms with van der Waals surface area (Å²) in [5, 5.41) is 38.7. The second-order valence-electron chi connectivity index (χ2n) is 7.27. The van der Waals surface area contributed by atoms with Crippen molar-refractivity contribution in [3.05, 3.63) is 48.5 Å². The van der Waals surface area contributed by atoms with Crippen LogP contribution in [0.5, 0.6) is 23.0 Å². The van der Waals surface area contributed by atoms with Gasteiger partial charge in [0.15, 0.2) is 11.4 Å². The monoisotopic (exact) mass is 460 g/mol. The number of fused-ring (bicyclic) bond motifs is 2. The topological polar surface area (TPSA) is 154 Å². The Morgan fingerprint density at radius 3 is 1.76 bits per heavy atom. The summed E-state index contributed by atoms with van der Waals surface area (Å²) in [6.45, 7) is 2.58. The summed E-state index contributed by atoms with van der Waals surface area (Å²) in [6, 6.07) is 12.2. The molecule has 2 aromatic heterocycles. The van der Waals surface area contributed by atoms with Gasteiger partial charge in [-0.25, -0.2) is 0 Å². The molecule has 12 nitrogen and oxygen atoms in total. The van der Waals surface area contributed by atoms with Crippen LogP contribution in [0.2, 0.25) is 0 Å². The van der Waals surface area contributed by atoms with Crippen molar-refractivity contribution < 1.29 is 29.3 Å². The molecule has 3 aromatic carbocycles. The summed E-state index contributed by atoms with van der Waals surface area (Å²) in [5.41, 5.74) is 1.80. The molecular formula is C22H16N6O6. The SMILES string of the molecule is CC(=O)Oc1ccc2nn(-c3ccc(O)c(-n4nc5ccc(OC(C)=O)cc5n4)c3O)nc2c1. The Kier molecular flexibility index (Phi) is 4.82. The fraction of sp³-hybridized carbons (Fsp3) is 0.0909. The highest BCUT2D eigenvalue weighted by atomic mass is 16.5. The van der Waals surface area contributed by atoms with Crippen LogP contribution in [-0.4, -0.2) is 52.1 Å². The summed E-state index contributed by atoms with van der Waals surface area (Å²) >= 11 is 0. The molecule has 0 aliphatic rings. The lowest BCUT2D eigenvalue weighted by Crippen LogP contribution is -2.04. The molecule has 0 aliphatic heterocycles. The molecular weight excluding hydrogens is 444 g/mol. The number of carbonyl (C=O) groups excluding carboxylic acids is 2. The van der Waals surface area contributed by atoms with Gasteiger partial charge in [0.25, 0.3) is 0 Å². The fourth-order valence-corrected chi connectivity index (χ4v) is 3.37.